The maximum atomic E-state index is 12.2. The van der Waals surface area contributed by atoms with Crippen molar-refractivity contribution in [2.45, 2.75) is 18.9 Å². The van der Waals surface area contributed by atoms with Crippen LogP contribution in [-0.4, -0.2) is 39.3 Å². The van der Waals surface area contributed by atoms with Crippen molar-refractivity contribution in [1.82, 2.24) is 10.6 Å². The molecule has 3 rings (SSSR count). The molecule has 1 aliphatic heterocycles. The summed E-state index contributed by atoms with van der Waals surface area (Å²) >= 11 is 0. The number of methoxy groups -OCH3 is 1. The fourth-order valence-corrected chi connectivity index (χ4v) is 3.08. The second kappa shape index (κ2) is 8.13. The molecule has 2 N–H and O–H groups in total. The van der Waals surface area contributed by atoms with Crippen molar-refractivity contribution >= 4 is 16.7 Å². The highest BCUT2D eigenvalue weighted by molar-refractivity contribution is 5.90. The van der Waals surface area contributed by atoms with Crippen LogP contribution in [0.5, 0.6) is 5.75 Å². The fraction of sp³-hybridized carbons (Fsp3) is 0.421. The Morgan fingerprint density at radius 2 is 2.17 bits per heavy atom. The van der Waals surface area contributed by atoms with Gasteiger partial charge in [-0.05, 0) is 18.2 Å². The van der Waals surface area contributed by atoms with Gasteiger partial charge in [0.05, 0.1) is 25.8 Å². The van der Waals surface area contributed by atoms with Crippen LogP contribution in [0.2, 0.25) is 0 Å². The third-order valence-electron chi connectivity index (χ3n) is 4.27. The van der Waals surface area contributed by atoms with E-state index in [9.17, 15) is 4.79 Å². The van der Waals surface area contributed by atoms with Crippen LogP contribution in [0.15, 0.2) is 36.4 Å². The molecule has 1 aliphatic rings. The van der Waals surface area contributed by atoms with Gasteiger partial charge in [-0.2, -0.15) is 0 Å². The number of carbonyl (C=O) groups excluding carboxylic acids is 1. The maximum absolute atomic E-state index is 12.2. The fourth-order valence-electron chi connectivity index (χ4n) is 3.08. The molecule has 1 heterocycles. The Morgan fingerprint density at radius 3 is 3.04 bits per heavy atom. The molecule has 0 unspecified atom stereocenters. The smallest absolute Gasteiger partial charge is 0.234 e. The quantitative estimate of drug-likeness (QED) is 0.800. The zero-order valence-corrected chi connectivity index (χ0v) is 14.0. The first-order chi connectivity index (χ1) is 11.8. The highest BCUT2D eigenvalue weighted by Crippen LogP contribution is 2.37. The van der Waals surface area contributed by atoms with Crippen LogP contribution < -0.4 is 15.4 Å². The molecule has 24 heavy (non-hydrogen) atoms. The number of hydrogen-bond donors (Lipinski definition) is 2. The summed E-state index contributed by atoms with van der Waals surface area (Å²) in [5.74, 6) is 0.903. The molecule has 0 saturated carbocycles. The van der Waals surface area contributed by atoms with Crippen molar-refractivity contribution in [1.29, 1.82) is 0 Å². The molecule has 1 atom stereocenters. The topological polar surface area (TPSA) is 59.6 Å². The minimum atomic E-state index is -0.0103. The van der Waals surface area contributed by atoms with E-state index >= 15 is 0 Å². The summed E-state index contributed by atoms with van der Waals surface area (Å²) in [6.07, 6.45) is 1.81. The van der Waals surface area contributed by atoms with E-state index in [0.29, 0.717) is 26.3 Å². The summed E-state index contributed by atoms with van der Waals surface area (Å²) in [6, 6.07) is 12.4. The summed E-state index contributed by atoms with van der Waals surface area (Å²) in [6.45, 7) is 2.24. The van der Waals surface area contributed by atoms with Gasteiger partial charge in [0.1, 0.15) is 5.75 Å². The Hall–Kier alpha value is -2.11. The standard InChI is InChI=1S/C19H24N2O3/c1-23-12-10-20-13-18(22)21-17-7-4-11-24-19-15-6-3-2-5-14(15)8-9-16(17)19/h2-3,5-6,8-9,17,20H,4,7,10-13H2,1H3,(H,21,22)/t17-/m1/s1. The lowest BCUT2D eigenvalue weighted by molar-refractivity contribution is -0.121. The normalized spacial score (nSPS) is 17.0. The molecule has 5 heteroatoms. The Labute approximate surface area is 142 Å². The van der Waals surface area contributed by atoms with Crippen molar-refractivity contribution < 1.29 is 14.3 Å². The molecule has 128 valence electrons. The van der Waals surface area contributed by atoms with Crippen molar-refractivity contribution in [2.24, 2.45) is 0 Å². The zero-order chi connectivity index (χ0) is 16.8. The van der Waals surface area contributed by atoms with Crippen LogP contribution in [-0.2, 0) is 9.53 Å². The van der Waals surface area contributed by atoms with Crippen LogP contribution in [0, 0.1) is 0 Å². The van der Waals surface area contributed by atoms with Gasteiger partial charge in [0.25, 0.3) is 0 Å². The molecule has 0 saturated heterocycles. The maximum Gasteiger partial charge on any atom is 0.234 e. The van der Waals surface area contributed by atoms with E-state index in [1.807, 2.05) is 12.1 Å². The number of hydrogen-bond acceptors (Lipinski definition) is 4. The van der Waals surface area contributed by atoms with E-state index < -0.39 is 0 Å². The second-order valence-electron chi connectivity index (χ2n) is 5.99. The molecule has 5 nitrogen and oxygen atoms in total. The third-order valence-corrected chi connectivity index (χ3v) is 4.27. The molecule has 0 spiro atoms. The molecule has 0 aromatic heterocycles. The lowest BCUT2D eigenvalue weighted by Crippen LogP contribution is -2.37. The SMILES string of the molecule is COCCNCC(=O)N[C@@H]1CCCOc2c1ccc1ccccc21. The van der Waals surface area contributed by atoms with Gasteiger partial charge in [-0.25, -0.2) is 0 Å². The molecule has 0 radical (unpaired) electrons. The van der Waals surface area contributed by atoms with E-state index in [1.165, 1.54) is 0 Å². The lowest BCUT2D eigenvalue weighted by Gasteiger charge is -2.19. The van der Waals surface area contributed by atoms with E-state index in [-0.39, 0.29) is 11.9 Å². The first kappa shape index (κ1) is 16.7. The van der Waals surface area contributed by atoms with Gasteiger partial charge < -0.3 is 20.1 Å². The lowest BCUT2D eigenvalue weighted by atomic mass is 9.98. The summed E-state index contributed by atoms with van der Waals surface area (Å²) in [4.78, 5) is 12.2. The van der Waals surface area contributed by atoms with E-state index in [1.54, 1.807) is 7.11 Å². The number of benzene rings is 2. The molecule has 2 aromatic carbocycles. The third kappa shape index (κ3) is 3.86. The molecule has 0 aliphatic carbocycles. The van der Waals surface area contributed by atoms with Gasteiger partial charge in [0.2, 0.25) is 5.91 Å². The van der Waals surface area contributed by atoms with Gasteiger partial charge in [0.15, 0.2) is 0 Å². The van der Waals surface area contributed by atoms with Crippen LogP contribution in [0.4, 0.5) is 0 Å². The number of fused-ring (bicyclic) bond motifs is 3. The monoisotopic (exact) mass is 328 g/mol. The van der Waals surface area contributed by atoms with Crippen LogP contribution in [0.1, 0.15) is 24.4 Å². The second-order valence-corrected chi connectivity index (χ2v) is 5.99. The van der Waals surface area contributed by atoms with Crippen LogP contribution in [0.3, 0.4) is 0 Å². The zero-order valence-electron chi connectivity index (χ0n) is 14.0. The van der Waals surface area contributed by atoms with Gasteiger partial charge in [0, 0.05) is 24.6 Å². The van der Waals surface area contributed by atoms with Crippen molar-refractivity contribution in [3.8, 4) is 5.75 Å². The number of carbonyl (C=O) groups is 1. The summed E-state index contributed by atoms with van der Waals surface area (Å²) in [5.41, 5.74) is 1.07. The minimum absolute atomic E-state index is 0.00267. The van der Waals surface area contributed by atoms with Crippen LogP contribution >= 0.6 is 0 Å². The van der Waals surface area contributed by atoms with Gasteiger partial charge in [-0.1, -0.05) is 36.4 Å². The highest BCUT2D eigenvalue weighted by Gasteiger charge is 2.22. The average Bonchev–Trinajstić information content (AvgIpc) is 2.81. The van der Waals surface area contributed by atoms with E-state index in [4.69, 9.17) is 9.47 Å². The number of nitrogens with one attached hydrogen (secondary N) is 2. The van der Waals surface area contributed by atoms with Crippen molar-refractivity contribution in [2.75, 3.05) is 33.4 Å². The number of amides is 1. The minimum Gasteiger partial charge on any atom is -0.493 e. The highest BCUT2D eigenvalue weighted by atomic mass is 16.5. The number of ether oxygens (including phenoxy) is 2. The number of rotatable bonds is 6. The first-order valence-electron chi connectivity index (χ1n) is 8.43. The largest absolute Gasteiger partial charge is 0.493 e. The molecule has 0 bridgehead atoms. The average molecular weight is 328 g/mol. The molecule has 1 amide bonds. The summed E-state index contributed by atoms with van der Waals surface area (Å²) < 4.78 is 11.0. The van der Waals surface area contributed by atoms with E-state index in [2.05, 4.69) is 34.9 Å². The van der Waals surface area contributed by atoms with Gasteiger partial charge in [-0.3, -0.25) is 4.79 Å². The Kier molecular flexibility index (Phi) is 5.67. The van der Waals surface area contributed by atoms with E-state index in [0.717, 1.165) is 34.9 Å². The van der Waals surface area contributed by atoms with Gasteiger partial charge in [-0.15, -0.1) is 0 Å². The summed E-state index contributed by atoms with van der Waals surface area (Å²) in [5, 5.41) is 8.47. The molecule has 0 fully saturated rings. The molecule has 2 aromatic rings. The van der Waals surface area contributed by atoms with Crippen molar-refractivity contribution in [3.63, 3.8) is 0 Å². The Bertz CT molecular complexity index is 702. The summed E-state index contributed by atoms with van der Waals surface area (Å²) in [7, 11) is 1.65. The predicted octanol–water partition coefficient (Wildman–Crippen LogP) is 2.41. The predicted molar refractivity (Wildman–Crippen MR) is 94.3 cm³/mol. The molecular formula is C19H24N2O3. The Morgan fingerprint density at radius 1 is 1.29 bits per heavy atom. The molecular weight excluding hydrogens is 304 g/mol. The first-order valence-corrected chi connectivity index (χ1v) is 8.43. The Balaban J connectivity index is 1.76. The van der Waals surface area contributed by atoms with Crippen LogP contribution in [0.25, 0.3) is 10.8 Å². The van der Waals surface area contributed by atoms with Gasteiger partial charge >= 0.3 is 0 Å². The van der Waals surface area contributed by atoms with Crippen molar-refractivity contribution in [3.05, 3.63) is 42.0 Å².